The summed E-state index contributed by atoms with van der Waals surface area (Å²) in [5.41, 5.74) is 7.70. The minimum absolute atomic E-state index is 0.0710. The zero-order valence-electron chi connectivity index (χ0n) is 9.60. The van der Waals surface area contributed by atoms with Gasteiger partial charge in [-0.3, -0.25) is 0 Å². The Kier molecular flexibility index (Phi) is 3.06. The standard InChI is InChI=1S/C13H16N2O/c1-9(14)8-12-15-10(2)13(16-12)11-6-4-3-5-7-11/h3-7,9H,8,14H2,1-2H3. The lowest BCUT2D eigenvalue weighted by molar-refractivity contribution is 0.487. The first-order valence-electron chi connectivity index (χ1n) is 5.44. The minimum Gasteiger partial charge on any atom is -0.440 e. The zero-order chi connectivity index (χ0) is 11.5. The number of oxazole rings is 1. The fourth-order valence-corrected chi connectivity index (χ4v) is 1.67. The lowest BCUT2D eigenvalue weighted by Gasteiger charge is -1.99. The third kappa shape index (κ3) is 2.31. The second kappa shape index (κ2) is 4.49. The van der Waals surface area contributed by atoms with Gasteiger partial charge in [0.1, 0.15) is 0 Å². The zero-order valence-corrected chi connectivity index (χ0v) is 9.60. The van der Waals surface area contributed by atoms with Crippen LogP contribution < -0.4 is 5.73 Å². The Morgan fingerprint density at radius 1 is 1.31 bits per heavy atom. The van der Waals surface area contributed by atoms with Crippen LogP contribution >= 0.6 is 0 Å². The molecule has 1 atom stereocenters. The average molecular weight is 216 g/mol. The monoisotopic (exact) mass is 216 g/mol. The van der Waals surface area contributed by atoms with Crippen molar-refractivity contribution in [2.75, 3.05) is 0 Å². The first kappa shape index (κ1) is 10.9. The third-order valence-electron chi connectivity index (χ3n) is 2.37. The molecule has 1 unspecified atom stereocenters. The topological polar surface area (TPSA) is 52.0 Å². The highest BCUT2D eigenvalue weighted by atomic mass is 16.4. The molecule has 84 valence electrons. The van der Waals surface area contributed by atoms with Gasteiger partial charge in [0, 0.05) is 18.0 Å². The summed E-state index contributed by atoms with van der Waals surface area (Å²) in [5, 5.41) is 0. The third-order valence-corrected chi connectivity index (χ3v) is 2.37. The van der Waals surface area contributed by atoms with Crippen molar-refractivity contribution in [1.82, 2.24) is 4.98 Å². The molecule has 1 heterocycles. The number of nitrogens with two attached hydrogens (primary N) is 1. The summed E-state index contributed by atoms with van der Waals surface area (Å²) in [6, 6.07) is 10.1. The van der Waals surface area contributed by atoms with Crippen LogP contribution in [0.25, 0.3) is 11.3 Å². The molecule has 1 aromatic heterocycles. The molecule has 2 aromatic rings. The Hall–Kier alpha value is -1.61. The lowest BCUT2D eigenvalue weighted by Crippen LogP contribution is -2.17. The Morgan fingerprint density at radius 2 is 2.00 bits per heavy atom. The number of nitrogens with zero attached hydrogens (tertiary/aromatic N) is 1. The number of aromatic nitrogens is 1. The summed E-state index contributed by atoms with van der Waals surface area (Å²) < 4.78 is 5.72. The molecule has 2 rings (SSSR count). The molecular weight excluding hydrogens is 200 g/mol. The molecule has 16 heavy (non-hydrogen) atoms. The van der Waals surface area contributed by atoms with Gasteiger partial charge in [0.05, 0.1) is 5.69 Å². The van der Waals surface area contributed by atoms with E-state index in [9.17, 15) is 0 Å². The maximum absolute atomic E-state index is 5.72. The van der Waals surface area contributed by atoms with Gasteiger partial charge in [0.15, 0.2) is 11.7 Å². The van der Waals surface area contributed by atoms with Crippen LogP contribution in [-0.2, 0) is 6.42 Å². The predicted octanol–water partition coefficient (Wildman–Crippen LogP) is 2.54. The van der Waals surface area contributed by atoms with E-state index in [1.165, 1.54) is 0 Å². The second-order valence-corrected chi connectivity index (χ2v) is 4.07. The molecule has 0 radical (unpaired) electrons. The smallest absolute Gasteiger partial charge is 0.196 e. The Bertz CT molecular complexity index is 460. The van der Waals surface area contributed by atoms with E-state index in [2.05, 4.69) is 4.98 Å². The van der Waals surface area contributed by atoms with Gasteiger partial charge in [-0.15, -0.1) is 0 Å². The van der Waals surface area contributed by atoms with Crippen molar-refractivity contribution >= 4 is 0 Å². The first-order valence-corrected chi connectivity index (χ1v) is 5.44. The first-order chi connectivity index (χ1) is 7.66. The van der Waals surface area contributed by atoms with E-state index in [1.54, 1.807) is 0 Å². The van der Waals surface area contributed by atoms with Crippen LogP contribution in [0.1, 0.15) is 18.5 Å². The molecule has 0 aliphatic carbocycles. The van der Waals surface area contributed by atoms with Crippen molar-refractivity contribution in [2.45, 2.75) is 26.3 Å². The van der Waals surface area contributed by atoms with E-state index in [-0.39, 0.29) is 6.04 Å². The summed E-state index contributed by atoms with van der Waals surface area (Å²) >= 11 is 0. The number of aryl methyl sites for hydroxylation is 1. The highest BCUT2D eigenvalue weighted by molar-refractivity contribution is 5.59. The molecule has 0 bridgehead atoms. The SMILES string of the molecule is Cc1nc(CC(C)N)oc1-c1ccccc1. The van der Waals surface area contributed by atoms with E-state index < -0.39 is 0 Å². The van der Waals surface area contributed by atoms with Gasteiger partial charge >= 0.3 is 0 Å². The molecule has 0 amide bonds. The molecular formula is C13H16N2O. The number of rotatable bonds is 3. The number of hydrogen-bond donors (Lipinski definition) is 1. The second-order valence-electron chi connectivity index (χ2n) is 4.07. The summed E-state index contributed by atoms with van der Waals surface area (Å²) in [4.78, 5) is 4.38. The summed E-state index contributed by atoms with van der Waals surface area (Å²) in [6.45, 7) is 3.90. The van der Waals surface area contributed by atoms with Crippen molar-refractivity contribution in [3.63, 3.8) is 0 Å². The van der Waals surface area contributed by atoms with E-state index >= 15 is 0 Å². The van der Waals surface area contributed by atoms with Gasteiger partial charge in [-0.05, 0) is 13.8 Å². The van der Waals surface area contributed by atoms with Crippen LogP contribution in [-0.4, -0.2) is 11.0 Å². The normalized spacial score (nSPS) is 12.7. The molecule has 0 saturated carbocycles. The van der Waals surface area contributed by atoms with Crippen LogP contribution in [0, 0.1) is 6.92 Å². The number of hydrogen-bond acceptors (Lipinski definition) is 3. The lowest BCUT2D eigenvalue weighted by atomic mass is 10.1. The van der Waals surface area contributed by atoms with Gasteiger partial charge in [0.25, 0.3) is 0 Å². The van der Waals surface area contributed by atoms with Crippen LogP contribution in [0.15, 0.2) is 34.7 Å². The van der Waals surface area contributed by atoms with Gasteiger partial charge in [-0.1, -0.05) is 30.3 Å². The quantitative estimate of drug-likeness (QED) is 0.857. The molecule has 1 aromatic carbocycles. The molecule has 0 spiro atoms. The van der Waals surface area contributed by atoms with Gasteiger partial charge in [0.2, 0.25) is 0 Å². The average Bonchev–Trinajstić information content (AvgIpc) is 2.60. The van der Waals surface area contributed by atoms with E-state index in [1.807, 2.05) is 44.2 Å². The Morgan fingerprint density at radius 3 is 2.62 bits per heavy atom. The predicted molar refractivity (Wildman–Crippen MR) is 64.0 cm³/mol. The Balaban J connectivity index is 2.32. The molecule has 0 aliphatic heterocycles. The van der Waals surface area contributed by atoms with E-state index in [4.69, 9.17) is 10.2 Å². The minimum atomic E-state index is 0.0710. The molecule has 0 aliphatic rings. The summed E-state index contributed by atoms with van der Waals surface area (Å²) in [6.07, 6.45) is 0.674. The maximum Gasteiger partial charge on any atom is 0.196 e. The molecule has 0 saturated heterocycles. The fourth-order valence-electron chi connectivity index (χ4n) is 1.67. The van der Waals surface area contributed by atoms with Gasteiger partial charge < -0.3 is 10.2 Å². The van der Waals surface area contributed by atoms with Crippen molar-refractivity contribution in [3.8, 4) is 11.3 Å². The van der Waals surface area contributed by atoms with Crippen LogP contribution in [0.4, 0.5) is 0 Å². The molecule has 2 N–H and O–H groups in total. The molecule has 3 nitrogen and oxygen atoms in total. The summed E-state index contributed by atoms with van der Waals surface area (Å²) in [5.74, 6) is 1.56. The van der Waals surface area contributed by atoms with Crippen molar-refractivity contribution in [2.24, 2.45) is 5.73 Å². The van der Waals surface area contributed by atoms with Crippen molar-refractivity contribution in [3.05, 3.63) is 41.9 Å². The van der Waals surface area contributed by atoms with Crippen LogP contribution in [0.5, 0.6) is 0 Å². The van der Waals surface area contributed by atoms with Gasteiger partial charge in [-0.2, -0.15) is 0 Å². The van der Waals surface area contributed by atoms with E-state index in [0.29, 0.717) is 12.3 Å². The van der Waals surface area contributed by atoms with Gasteiger partial charge in [-0.25, -0.2) is 4.98 Å². The van der Waals surface area contributed by atoms with Crippen molar-refractivity contribution in [1.29, 1.82) is 0 Å². The molecule has 3 heteroatoms. The highest BCUT2D eigenvalue weighted by Crippen LogP contribution is 2.24. The van der Waals surface area contributed by atoms with E-state index in [0.717, 1.165) is 17.0 Å². The number of benzene rings is 1. The fraction of sp³-hybridized carbons (Fsp3) is 0.308. The van der Waals surface area contributed by atoms with Crippen LogP contribution in [0.3, 0.4) is 0 Å². The van der Waals surface area contributed by atoms with Crippen molar-refractivity contribution < 1.29 is 4.42 Å². The maximum atomic E-state index is 5.72. The molecule has 0 fully saturated rings. The Labute approximate surface area is 95.3 Å². The largest absolute Gasteiger partial charge is 0.440 e. The highest BCUT2D eigenvalue weighted by Gasteiger charge is 2.12. The summed E-state index contributed by atoms with van der Waals surface area (Å²) in [7, 11) is 0. The van der Waals surface area contributed by atoms with Crippen LogP contribution in [0.2, 0.25) is 0 Å².